The van der Waals surface area contributed by atoms with Gasteiger partial charge in [0.25, 0.3) is 0 Å². The quantitative estimate of drug-likeness (QED) is 0.594. The number of carbonyl (C=O) groups excluding carboxylic acids is 2. The average molecular weight is 170 g/mol. The van der Waals surface area contributed by atoms with Gasteiger partial charge in [0.15, 0.2) is 5.78 Å². The summed E-state index contributed by atoms with van der Waals surface area (Å²) in [5.41, 5.74) is -0.385. The second kappa shape index (κ2) is 2.77. The summed E-state index contributed by atoms with van der Waals surface area (Å²) in [7, 11) is 0. The third kappa shape index (κ3) is 1.75. The number of nitrogens with one attached hydrogen (secondary N) is 2. The predicted molar refractivity (Wildman–Crippen MR) is 44.8 cm³/mol. The van der Waals surface area contributed by atoms with Gasteiger partial charge in [0, 0.05) is 12.0 Å². The van der Waals surface area contributed by atoms with Crippen molar-refractivity contribution < 1.29 is 9.59 Å². The van der Waals surface area contributed by atoms with Gasteiger partial charge in [-0.25, -0.2) is 4.79 Å². The Morgan fingerprint density at radius 1 is 1.50 bits per heavy atom. The normalized spacial score (nSPS) is 23.2. The minimum atomic E-state index is -0.385. The van der Waals surface area contributed by atoms with Crippen molar-refractivity contribution in [2.45, 2.75) is 26.8 Å². The first-order valence-corrected chi connectivity index (χ1v) is 4.00. The largest absolute Gasteiger partial charge is 0.336 e. The van der Waals surface area contributed by atoms with Crippen molar-refractivity contribution in [1.29, 1.82) is 0 Å². The van der Waals surface area contributed by atoms with Gasteiger partial charge in [-0.2, -0.15) is 0 Å². The Balaban J connectivity index is 2.61. The Labute approximate surface area is 71.7 Å². The molecule has 1 aliphatic heterocycles. The molecule has 0 aromatic carbocycles. The highest BCUT2D eigenvalue weighted by atomic mass is 16.2. The zero-order valence-corrected chi connectivity index (χ0v) is 7.60. The highest BCUT2D eigenvalue weighted by Gasteiger charge is 2.33. The number of carbonyl (C=O) groups is 2. The third-order valence-electron chi connectivity index (χ3n) is 1.83. The standard InChI is InChI=1S/C8H14N2O2/c1-8(2,3)6(11)5-4-9-7(12)10-5/h5H,4H2,1-3H3,(H2,9,10,12). The summed E-state index contributed by atoms with van der Waals surface area (Å²) in [6.45, 7) is 5.95. The molecule has 1 atom stereocenters. The lowest BCUT2D eigenvalue weighted by molar-refractivity contribution is -0.127. The van der Waals surface area contributed by atoms with E-state index in [9.17, 15) is 9.59 Å². The monoisotopic (exact) mass is 170 g/mol. The summed E-state index contributed by atoms with van der Waals surface area (Å²) >= 11 is 0. The molecular weight excluding hydrogens is 156 g/mol. The minimum Gasteiger partial charge on any atom is -0.336 e. The van der Waals surface area contributed by atoms with E-state index >= 15 is 0 Å². The van der Waals surface area contributed by atoms with E-state index in [1.165, 1.54) is 0 Å². The lowest BCUT2D eigenvalue weighted by Crippen LogP contribution is -2.41. The minimum absolute atomic E-state index is 0.0702. The van der Waals surface area contributed by atoms with E-state index in [1.54, 1.807) is 0 Å². The average Bonchev–Trinajstić information content (AvgIpc) is 2.32. The molecule has 0 aromatic rings. The number of rotatable bonds is 1. The van der Waals surface area contributed by atoms with Gasteiger partial charge in [-0.05, 0) is 0 Å². The smallest absolute Gasteiger partial charge is 0.315 e. The fourth-order valence-corrected chi connectivity index (χ4v) is 1.14. The summed E-state index contributed by atoms with van der Waals surface area (Å²) in [4.78, 5) is 22.3. The van der Waals surface area contributed by atoms with Gasteiger partial charge < -0.3 is 10.6 Å². The van der Waals surface area contributed by atoms with Gasteiger partial charge in [0.05, 0.1) is 0 Å². The number of Topliss-reactive ketones (excluding diaryl/α,β-unsaturated/α-hetero) is 1. The van der Waals surface area contributed by atoms with Crippen LogP contribution in [0.2, 0.25) is 0 Å². The Kier molecular flexibility index (Phi) is 2.08. The number of amides is 2. The Morgan fingerprint density at radius 2 is 2.08 bits per heavy atom. The third-order valence-corrected chi connectivity index (χ3v) is 1.83. The maximum Gasteiger partial charge on any atom is 0.315 e. The molecule has 1 unspecified atom stereocenters. The molecule has 1 rings (SSSR count). The Hall–Kier alpha value is -1.06. The van der Waals surface area contributed by atoms with Crippen LogP contribution < -0.4 is 10.6 Å². The maximum absolute atomic E-state index is 11.6. The Bertz CT molecular complexity index is 218. The van der Waals surface area contributed by atoms with Crippen LogP contribution in [-0.2, 0) is 4.79 Å². The fourth-order valence-electron chi connectivity index (χ4n) is 1.14. The molecular formula is C8H14N2O2. The molecule has 0 radical (unpaired) electrons. The SMILES string of the molecule is CC(C)(C)C(=O)C1CNC(=O)N1. The van der Waals surface area contributed by atoms with Gasteiger partial charge in [0.2, 0.25) is 0 Å². The van der Waals surface area contributed by atoms with E-state index < -0.39 is 0 Å². The molecule has 68 valence electrons. The van der Waals surface area contributed by atoms with Crippen LogP contribution >= 0.6 is 0 Å². The summed E-state index contributed by atoms with van der Waals surface area (Å²) in [6, 6.07) is -0.602. The molecule has 2 N–H and O–H groups in total. The molecule has 4 heteroatoms. The highest BCUT2D eigenvalue weighted by Crippen LogP contribution is 2.17. The summed E-state index contributed by atoms with van der Waals surface area (Å²) in [5.74, 6) is 0.0702. The van der Waals surface area contributed by atoms with E-state index in [2.05, 4.69) is 10.6 Å². The molecule has 0 spiro atoms. The van der Waals surface area contributed by atoms with E-state index in [4.69, 9.17) is 0 Å². The van der Waals surface area contributed by atoms with Crippen molar-refractivity contribution in [2.75, 3.05) is 6.54 Å². The highest BCUT2D eigenvalue weighted by molar-refractivity contribution is 5.94. The maximum atomic E-state index is 11.6. The first kappa shape index (κ1) is 9.03. The van der Waals surface area contributed by atoms with Crippen LogP contribution in [0.1, 0.15) is 20.8 Å². The van der Waals surface area contributed by atoms with Gasteiger partial charge >= 0.3 is 6.03 Å². The van der Waals surface area contributed by atoms with Crippen molar-refractivity contribution in [3.63, 3.8) is 0 Å². The number of ketones is 1. The van der Waals surface area contributed by atoms with E-state index in [0.29, 0.717) is 6.54 Å². The first-order chi connectivity index (χ1) is 5.41. The van der Waals surface area contributed by atoms with Crippen LogP contribution in [0.5, 0.6) is 0 Å². The van der Waals surface area contributed by atoms with Crippen LogP contribution in [0.3, 0.4) is 0 Å². The van der Waals surface area contributed by atoms with Crippen LogP contribution in [0.4, 0.5) is 4.79 Å². The predicted octanol–water partition coefficient (Wildman–Crippen LogP) is 0.283. The van der Waals surface area contributed by atoms with E-state index in [1.807, 2.05) is 20.8 Å². The van der Waals surface area contributed by atoms with Crippen molar-refractivity contribution in [3.05, 3.63) is 0 Å². The van der Waals surface area contributed by atoms with Crippen LogP contribution in [0, 0.1) is 5.41 Å². The van der Waals surface area contributed by atoms with E-state index in [0.717, 1.165) is 0 Å². The van der Waals surface area contributed by atoms with Gasteiger partial charge in [-0.1, -0.05) is 20.8 Å². The van der Waals surface area contributed by atoms with Crippen LogP contribution in [-0.4, -0.2) is 24.4 Å². The molecule has 1 heterocycles. The van der Waals surface area contributed by atoms with Crippen molar-refractivity contribution in [2.24, 2.45) is 5.41 Å². The first-order valence-electron chi connectivity index (χ1n) is 4.00. The van der Waals surface area contributed by atoms with Crippen LogP contribution in [0.25, 0.3) is 0 Å². The summed E-state index contributed by atoms with van der Waals surface area (Å²) in [6.07, 6.45) is 0. The lowest BCUT2D eigenvalue weighted by Gasteiger charge is -2.20. The topological polar surface area (TPSA) is 58.2 Å². The van der Waals surface area contributed by atoms with Crippen molar-refractivity contribution >= 4 is 11.8 Å². The molecule has 0 aromatic heterocycles. The molecule has 1 fully saturated rings. The molecule has 4 nitrogen and oxygen atoms in total. The molecule has 0 bridgehead atoms. The number of urea groups is 1. The summed E-state index contributed by atoms with van der Waals surface area (Å²) in [5, 5.41) is 5.11. The molecule has 0 aliphatic carbocycles. The zero-order chi connectivity index (χ0) is 9.35. The van der Waals surface area contributed by atoms with E-state index in [-0.39, 0.29) is 23.3 Å². The number of hydrogen-bond donors (Lipinski definition) is 2. The molecule has 2 amide bonds. The Morgan fingerprint density at radius 3 is 2.42 bits per heavy atom. The molecule has 12 heavy (non-hydrogen) atoms. The van der Waals surface area contributed by atoms with Gasteiger partial charge in [0.1, 0.15) is 6.04 Å². The lowest BCUT2D eigenvalue weighted by atomic mass is 9.87. The second-order valence-corrected chi connectivity index (χ2v) is 4.02. The molecule has 0 saturated carbocycles. The van der Waals surface area contributed by atoms with Gasteiger partial charge in [-0.15, -0.1) is 0 Å². The summed E-state index contributed by atoms with van der Waals surface area (Å²) < 4.78 is 0. The van der Waals surface area contributed by atoms with Crippen LogP contribution in [0.15, 0.2) is 0 Å². The molecule has 1 aliphatic rings. The van der Waals surface area contributed by atoms with Crippen molar-refractivity contribution in [3.8, 4) is 0 Å². The number of hydrogen-bond acceptors (Lipinski definition) is 2. The van der Waals surface area contributed by atoms with Crippen molar-refractivity contribution in [1.82, 2.24) is 10.6 Å². The zero-order valence-electron chi connectivity index (χ0n) is 7.60. The van der Waals surface area contributed by atoms with Gasteiger partial charge in [-0.3, -0.25) is 4.79 Å². The molecule has 1 saturated heterocycles. The fraction of sp³-hybridized carbons (Fsp3) is 0.750. The second-order valence-electron chi connectivity index (χ2n) is 4.02.